The van der Waals surface area contributed by atoms with Gasteiger partial charge in [0.1, 0.15) is 7.85 Å². The van der Waals surface area contributed by atoms with E-state index in [4.69, 9.17) is 27.4 Å². The first kappa shape index (κ1) is 68.9. The molecule has 0 spiro atoms. The molecule has 1 saturated heterocycles. The summed E-state index contributed by atoms with van der Waals surface area (Å²) in [6.45, 7) is 41.6. The van der Waals surface area contributed by atoms with Crippen molar-refractivity contribution < 1.29 is 19.5 Å². The third-order valence-electron chi connectivity index (χ3n) is 18.9. The number of anilines is 6. The average Bonchev–Trinajstić information content (AvgIpc) is 1.55. The van der Waals surface area contributed by atoms with E-state index in [2.05, 4.69) is 328 Å². The predicted octanol–water partition coefficient (Wildman–Crippen LogP) is 20.3. The van der Waals surface area contributed by atoms with Crippen LogP contribution < -0.4 is 20.7 Å². The summed E-state index contributed by atoms with van der Waals surface area (Å²) in [5, 5.41) is 18.2. The fraction of sp³-hybridized carbons (Fsp3) is 0.333. The van der Waals surface area contributed by atoms with Crippen LogP contribution in [0.1, 0.15) is 164 Å². The molecule has 9 aromatic carbocycles. The van der Waals surface area contributed by atoms with E-state index in [1.54, 1.807) is 27.7 Å². The van der Waals surface area contributed by atoms with Crippen LogP contribution in [0.4, 0.5) is 34.1 Å². The molecule has 1 aliphatic heterocycles. The van der Waals surface area contributed by atoms with Crippen LogP contribution >= 0.6 is 31.9 Å². The number of fused-ring (bicyclic) bond motifs is 3. The van der Waals surface area contributed by atoms with Crippen molar-refractivity contribution in [1.82, 2.24) is 0 Å². The van der Waals surface area contributed by atoms with Gasteiger partial charge in [-0.15, -0.1) is 0 Å². The predicted molar refractivity (Wildman–Crippen MR) is 394 cm³/mol. The van der Waals surface area contributed by atoms with Crippen LogP contribution in [-0.4, -0.2) is 47.6 Å². The normalized spacial score (nSPS) is 14.8. The second-order valence-electron chi connectivity index (χ2n) is 29.4. The number of hydrogen-bond donors (Lipinski definition) is 2. The molecule has 91 heavy (non-hydrogen) atoms. The quantitative estimate of drug-likeness (QED) is 0.133. The molecule has 2 N–H and O–H groups in total. The number of nitrogens with zero attached hydrogens (tertiary/aromatic N) is 2. The molecule has 2 aliphatic rings. The third kappa shape index (κ3) is 14.2. The molecule has 0 amide bonds. The van der Waals surface area contributed by atoms with Crippen LogP contribution in [0.5, 0.6) is 0 Å². The lowest BCUT2D eigenvalue weighted by Gasteiger charge is -2.34. The van der Waals surface area contributed by atoms with Crippen molar-refractivity contribution in [2.75, 3.05) is 9.80 Å². The van der Waals surface area contributed by atoms with Gasteiger partial charge >= 0.3 is 7.12 Å². The highest BCUT2D eigenvalue weighted by Gasteiger charge is 2.53. The van der Waals surface area contributed by atoms with Crippen LogP contribution in [0.15, 0.2) is 191 Å². The second-order valence-corrected chi connectivity index (χ2v) is 31.2. The molecule has 0 atom stereocenters. The average molecular weight is 1340 g/mol. The Morgan fingerprint density at radius 2 is 0.714 bits per heavy atom. The molecule has 1 aliphatic carbocycles. The maximum atomic E-state index is 9.10. The molecule has 0 saturated carbocycles. The van der Waals surface area contributed by atoms with Crippen LogP contribution in [0.25, 0.3) is 11.1 Å². The third-order valence-corrected chi connectivity index (χ3v) is 19.9. The lowest BCUT2D eigenvalue weighted by molar-refractivity contribution is -0.107. The summed E-state index contributed by atoms with van der Waals surface area (Å²) in [7, 11) is 6.01. The molecular weight excluding hydrogens is 1250 g/mol. The zero-order chi connectivity index (χ0) is 66.7. The zero-order valence-electron chi connectivity index (χ0n) is 57.3. The summed E-state index contributed by atoms with van der Waals surface area (Å²) in [6.07, 6.45) is 0. The Bertz CT molecular complexity index is 3820. The van der Waals surface area contributed by atoms with Crippen molar-refractivity contribution in [3.8, 4) is 11.1 Å². The summed E-state index contributed by atoms with van der Waals surface area (Å²) < 4.78 is 15.1. The maximum absolute atomic E-state index is 9.10. The van der Waals surface area contributed by atoms with Gasteiger partial charge in [0, 0.05) is 31.7 Å². The Balaban J connectivity index is 0.000000195. The first-order chi connectivity index (χ1) is 42.3. The highest BCUT2D eigenvalue weighted by atomic mass is 79.9. The van der Waals surface area contributed by atoms with Crippen molar-refractivity contribution in [2.45, 2.75) is 177 Å². The first-order valence-electron chi connectivity index (χ1n) is 31.8. The molecule has 0 bridgehead atoms. The zero-order valence-corrected chi connectivity index (χ0v) is 60.5. The van der Waals surface area contributed by atoms with Crippen molar-refractivity contribution >= 4 is 91.9 Å². The highest BCUT2D eigenvalue weighted by Crippen LogP contribution is 2.56. The van der Waals surface area contributed by atoms with Gasteiger partial charge in [-0.25, -0.2) is 0 Å². The van der Waals surface area contributed by atoms with Gasteiger partial charge in [-0.05, 0) is 253 Å². The lowest BCUT2D eigenvalue weighted by atomic mass is 9.65. The number of halogens is 2. The number of hydrogen-bond acceptors (Lipinski definition) is 6. The SMILES string of the molecule is CC(C)(O)C(C)(C)O.Cc1cc(C(C)(C)C)cc(C)c1N(c1ccc(Br)cc1)c1ccc(N(c2ccc(Br)cc2)c2c(C)cc(C(C)(C)C)cc2C)cc1.[B]c1ccc2c(c1)C(c1ccc(C)cc1)(c1ccc(C)cc1)c1cc(B3OC(C)(C)C(C)(C)O3)ccc1-2. The van der Waals surface area contributed by atoms with Gasteiger partial charge in [0.2, 0.25) is 0 Å². The minimum Gasteiger partial charge on any atom is -0.399 e. The number of rotatable bonds is 10. The smallest absolute Gasteiger partial charge is 0.399 e. The minimum atomic E-state index is -1.01. The monoisotopic (exact) mass is 1340 g/mol. The van der Waals surface area contributed by atoms with Crippen molar-refractivity contribution in [3.05, 3.63) is 258 Å². The Morgan fingerprint density at radius 1 is 0.407 bits per heavy atom. The van der Waals surface area contributed by atoms with Gasteiger partial charge in [-0.2, -0.15) is 0 Å². The van der Waals surface area contributed by atoms with Gasteiger partial charge in [-0.3, -0.25) is 0 Å². The minimum absolute atomic E-state index is 0.0793. The molecule has 10 heteroatoms. The van der Waals surface area contributed by atoms with E-state index in [1.165, 1.54) is 89.3 Å². The van der Waals surface area contributed by atoms with E-state index >= 15 is 0 Å². The van der Waals surface area contributed by atoms with Gasteiger partial charge in [-0.1, -0.05) is 199 Å². The van der Waals surface area contributed by atoms with E-state index in [1.807, 2.05) is 6.07 Å². The molecule has 9 aromatic rings. The molecule has 2 radical (unpaired) electrons. The second kappa shape index (κ2) is 25.8. The fourth-order valence-corrected chi connectivity index (χ4v) is 12.6. The molecule has 0 unspecified atom stereocenters. The van der Waals surface area contributed by atoms with Crippen molar-refractivity contribution in [3.63, 3.8) is 0 Å². The number of benzene rings is 9. The Hall–Kier alpha value is -6.49. The van der Waals surface area contributed by atoms with Gasteiger partial charge in [0.15, 0.2) is 0 Å². The number of aryl methyl sites for hydroxylation is 6. The highest BCUT2D eigenvalue weighted by molar-refractivity contribution is 9.10. The Kier molecular flexibility index (Phi) is 19.5. The van der Waals surface area contributed by atoms with Crippen LogP contribution in [-0.2, 0) is 25.6 Å². The van der Waals surface area contributed by atoms with E-state index in [9.17, 15) is 0 Å². The summed E-state index contributed by atoms with van der Waals surface area (Å²) >= 11 is 7.28. The van der Waals surface area contributed by atoms with Gasteiger partial charge < -0.3 is 29.3 Å². The topological polar surface area (TPSA) is 65.4 Å². The molecule has 6 nitrogen and oxygen atoms in total. The van der Waals surface area contributed by atoms with E-state index < -0.39 is 34.9 Å². The fourth-order valence-electron chi connectivity index (χ4n) is 12.1. The molecule has 1 heterocycles. The largest absolute Gasteiger partial charge is 0.494 e. The molecule has 1 fully saturated rings. The van der Waals surface area contributed by atoms with E-state index in [0.717, 1.165) is 42.6 Å². The van der Waals surface area contributed by atoms with Crippen LogP contribution in [0.3, 0.4) is 0 Å². The van der Waals surface area contributed by atoms with E-state index in [0.29, 0.717) is 0 Å². The van der Waals surface area contributed by atoms with Crippen LogP contribution in [0.2, 0.25) is 0 Å². The summed E-state index contributed by atoms with van der Waals surface area (Å²) in [4.78, 5) is 4.79. The molecule has 11 rings (SSSR count). The summed E-state index contributed by atoms with van der Waals surface area (Å²) in [6, 6.07) is 66.5. The Labute approximate surface area is 563 Å². The van der Waals surface area contributed by atoms with Crippen molar-refractivity contribution in [1.29, 1.82) is 0 Å². The lowest BCUT2D eigenvalue weighted by Crippen LogP contribution is -2.44. The van der Waals surface area contributed by atoms with Gasteiger partial charge in [0.05, 0.1) is 39.2 Å². The first-order valence-corrected chi connectivity index (χ1v) is 33.4. The van der Waals surface area contributed by atoms with E-state index in [-0.39, 0.29) is 10.8 Å². The number of aliphatic hydroxyl groups is 2. The Morgan fingerprint density at radius 3 is 1.03 bits per heavy atom. The summed E-state index contributed by atoms with van der Waals surface area (Å²) in [5.41, 5.74) is 23.1. The maximum Gasteiger partial charge on any atom is 0.494 e. The van der Waals surface area contributed by atoms with Crippen LogP contribution in [0, 0.1) is 41.5 Å². The molecule has 0 aromatic heterocycles. The molecular formula is C81H92B2Br2N2O4. The van der Waals surface area contributed by atoms with Gasteiger partial charge in [0.25, 0.3) is 0 Å². The standard InChI is InChI=1S/C42H46Br2N2.C33H32B2O2.C6H14O2/c1-27-23-31(41(5,6)7)24-28(2)39(27)45(35-15-11-33(43)12-16-35)37-19-21-38(22-20-37)46(36-17-13-34(44)14-18-36)40-29(3)25-32(26-30(40)4)42(8,9)10;1-21-7-11-23(12-8-21)33(24-13-9-22(2)10-14-24)29-19-25(34)15-17-27(29)28-18-16-26(20-30(28)33)35-36-31(3,4)32(5,6)37-35;1-5(2,7)6(3,4)8/h11-26H,1-10H3;7-20H,1-6H3;7-8H,1-4H3. The van der Waals surface area contributed by atoms with Crippen molar-refractivity contribution in [2.24, 2.45) is 0 Å². The molecule has 470 valence electrons. The summed E-state index contributed by atoms with van der Waals surface area (Å²) in [5.74, 6) is 0.